The Morgan fingerprint density at radius 3 is 2.62 bits per heavy atom. The van der Waals surface area contributed by atoms with Gasteiger partial charge in [0.15, 0.2) is 9.84 Å². The first-order valence-corrected chi connectivity index (χ1v) is 11.1. The van der Waals surface area contributed by atoms with Crippen molar-refractivity contribution in [2.75, 3.05) is 26.0 Å². The molecule has 0 saturated carbocycles. The van der Waals surface area contributed by atoms with Gasteiger partial charge in [0, 0.05) is 32.0 Å². The SMILES string of the molecule is Cc1ccn2c(CC3CNCCO3)c(-c3c(F)cc(S(C)(=O)=O)cc3F)nc2c1. The van der Waals surface area contributed by atoms with Gasteiger partial charge in [0.1, 0.15) is 17.3 Å². The molecule has 3 heterocycles. The maximum Gasteiger partial charge on any atom is 0.175 e. The molecular formula is C20H21F2N3O3S. The largest absolute Gasteiger partial charge is 0.375 e. The van der Waals surface area contributed by atoms with Crippen molar-refractivity contribution in [1.29, 1.82) is 0 Å². The first-order chi connectivity index (χ1) is 13.7. The summed E-state index contributed by atoms with van der Waals surface area (Å²) in [5.41, 5.74) is 1.95. The van der Waals surface area contributed by atoms with E-state index in [-0.39, 0.29) is 17.4 Å². The number of sulfone groups is 1. The lowest BCUT2D eigenvalue weighted by atomic mass is 10.0. The topological polar surface area (TPSA) is 72.7 Å². The zero-order valence-corrected chi connectivity index (χ0v) is 16.9. The number of hydrogen-bond donors (Lipinski definition) is 1. The predicted molar refractivity (Wildman–Crippen MR) is 105 cm³/mol. The number of pyridine rings is 1. The van der Waals surface area contributed by atoms with Crippen LogP contribution in [0, 0.1) is 18.6 Å². The lowest BCUT2D eigenvalue weighted by Gasteiger charge is -2.24. The number of aryl methyl sites for hydroxylation is 1. The third kappa shape index (κ3) is 3.90. The molecule has 1 N–H and O–H groups in total. The average molecular weight is 421 g/mol. The Kier molecular flexibility index (Phi) is 5.14. The van der Waals surface area contributed by atoms with Gasteiger partial charge in [-0.15, -0.1) is 0 Å². The molecule has 1 aliphatic heterocycles. The molecule has 1 fully saturated rings. The van der Waals surface area contributed by atoms with Gasteiger partial charge in [0.2, 0.25) is 0 Å². The lowest BCUT2D eigenvalue weighted by molar-refractivity contribution is 0.0286. The molecule has 29 heavy (non-hydrogen) atoms. The maximum atomic E-state index is 14.9. The maximum absolute atomic E-state index is 14.9. The molecule has 1 saturated heterocycles. The summed E-state index contributed by atoms with van der Waals surface area (Å²) in [6.45, 7) is 3.84. The van der Waals surface area contributed by atoms with Crippen molar-refractivity contribution in [3.8, 4) is 11.3 Å². The van der Waals surface area contributed by atoms with Crippen molar-refractivity contribution in [3.05, 3.63) is 53.4 Å². The summed E-state index contributed by atoms with van der Waals surface area (Å²) in [6, 6.07) is 5.39. The van der Waals surface area contributed by atoms with Crippen molar-refractivity contribution in [2.45, 2.75) is 24.3 Å². The summed E-state index contributed by atoms with van der Waals surface area (Å²) in [6.07, 6.45) is 2.96. The van der Waals surface area contributed by atoms with Crippen LogP contribution >= 0.6 is 0 Å². The fraction of sp³-hybridized carbons (Fsp3) is 0.350. The van der Waals surface area contributed by atoms with E-state index in [4.69, 9.17) is 4.74 Å². The molecule has 1 aromatic carbocycles. The van der Waals surface area contributed by atoms with E-state index in [1.165, 1.54) is 0 Å². The van der Waals surface area contributed by atoms with Gasteiger partial charge >= 0.3 is 0 Å². The number of halogens is 2. The Morgan fingerprint density at radius 1 is 1.28 bits per heavy atom. The molecule has 0 amide bonds. The minimum absolute atomic E-state index is 0.153. The van der Waals surface area contributed by atoms with E-state index in [1.807, 2.05) is 25.3 Å². The first-order valence-electron chi connectivity index (χ1n) is 9.23. The molecule has 1 unspecified atom stereocenters. The van der Waals surface area contributed by atoms with Crippen LogP contribution in [0.15, 0.2) is 35.4 Å². The van der Waals surface area contributed by atoms with Crippen LogP contribution in [0.25, 0.3) is 16.9 Å². The molecule has 1 aliphatic rings. The van der Waals surface area contributed by atoms with Gasteiger partial charge < -0.3 is 14.5 Å². The number of imidazole rings is 1. The fourth-order valence-electron chi connectivity index (χ4n) is 3.55. The summed E-state index contributed by atoms with van der Waals surface area (Å²) in [4.78, 5) is 4.07. The fourth-order valence-corrected chi connectivity index (χ4v) is 4.18. The van der Waals surface area contributed by atoms with E-state index < -0.39 is 26.4 Å². The van der Waals surface area contributed by atoms with Gasteiger partial charge in [-0.25, -0.2) is 22.2 Å². The molecule has 4 rings (SSSR count). The standard InChI is InChI=1S/C20H21F2N3O3S/c1-12-3-5-25-17(8-13-11-23-4-6-28-13)20(24-18(25)7-12)19-15(21)9-14(10-16(19)22)29(2,26)27/h3,5,7,9-10,13,23H,4,6,8,11H2,1-2H3. The molecular weight excluding hydrogens is 400 g/mol. The number of hydrogen-bond acceptors (Lipinski definition) is 5. The van der Waals surface area contributed by atoms with E-state index in [2.05, 4.69) is 10.3 Å². The van der Waals surface area contributed by atoms with Gasteiger partial charge in [0.05, 0.1) is 34.6 Å². The van der Waals surface area contributed by atoms with E-state index in [1.54, 1.807) is 4.40 Å². The van der Waals surface area contributed by atoms with Crippen molar-refractivity contribution in [1.82, 2.24) is 14.7 Å². The molecule has 0 radical (unpaired) electrons. The quantitative estimate of drug-likeness (QED) is 0.701. The minimum Gasteiger partial charge on any atom is -0.375 e. The molecule has 9 heteroatoms. The van der Waals surface area contributed by atoms with Gasteiger partial charge in [-0.1, -0.05) is 0 Å². The second-order valence-corrected chi connectivity index (χ2v) is 9.29. The number of ether oxygens (including phenoxy) is 1. The Labute approximate surface area is 167 Å². The van der Waals surface area contributed by atoms with E-state index in [0.29, 0.717) is 30.9 Å². The molecule has 0 spiro atoms. The first kappa shape index (κ1) is 19.9. The summed E-state index contributed by atoms with van der Waals surface area (Å²) in [5, 5.41) is 3.24. The highest BCUT2D eigenvalue weighted by atomic mass is 32.2. The molecule has 0 aliphatic carbocycles. The third-order valence-corrected chi connectivity index (χ3v) is 6.08. The van der Waals surface area contributed by atoms with Crippen molar-refractivity contribution in [3.63, 3.8) is 0 Å². The Balaban J connectivity index is 1.90. The highest BCUT2D eigenvalue weighted by Crippen LogP contribution is 2.32. The number of fused-ring (bicyclic) bond motifs is 1. The number of aromatic nitrogens is 2. The van der Waals surface area contributed by atoms with Crippen molar-refractivity contribution in [2.24, 2.45) is 0 Å². The van der Waals surface area contributed by atoms with Crippen LogP contribution in [0.1, 0.15) is 11.3 Å². The van der Waals surface area contributed by atoms with Crippen LogP contribution < -0.4 is 5.32 Å². The summed E-state index contributed by atoms with van der Waals surface area (Å²) in [7, 11) is -3.74. The summed E-state index contributed by atoms with van der Waals surface area (Å²) < 4.78 is 60.8. The molecule has 1 atom stereocenters. The van der Waals surface area contributed by atoms with Crippen LogP contribution in [0.3, 0.4) is 0 Å². The smallest absolute Gasteiger partial charge is 0.175 e. The second kappa shape index (κ2) is 7.47. The van der Waals surface area contributed by atoms with Crippen LogP contribution in [0.5, 0.6) is 0 Å². The van der Waals surface area contributed by atoms with Crippen LogP contribution in [0.2, 0.25) is 0 Å². The Morgan fingerprint density at radius 2 is 2.00 bits per heavy atom. The summed E-state index contributed by atoms with van der Waals surface area (Å²) >= 11 is 0. The van der Waals surface area contributed by atoms with Crippen molar-refractivity contribution < 1.29 is 21.9 Å². The minimum atomic E-state index is -3.74. The van der Waals surface area contributed by atoms with Crippen molar-refractivity contribution >= 4 is 15.5 Å². The van der Waals surface area contributed by atoms with Gasteiger partial charge in [-0.05, 0) is 36.8 Å². The number of benzene rings is 1. The second-order valence-electron chi connectivity index (χ2n) is 7.27. The third-order valence-electron chi connectivity index (χ3n) is 4.99. The van der Waals surface area contributed by atoms with Crippen LogP contribution in [-0.4, -0.2) is 49.9 Å². The number of rotatable bonds is 4. The van der Waals surface area contributed by atoms with Gasteiger partial charge in [-0.2, -0.15) is 0 Å². The van der Waals surface area contributed by atoms with Gasteiger partial charge in [0.25, 0.3) is 0 Å². The van der Waals surface area contributed by atoms with Crippen LogP contribution in [-0.2, 0) is 21.0 Å². The zero-order valence-electron chi connectivity index (χ0n) is 16.1. The Bertz CT molecular complexity index is 1160. The highest BCUT2D eigenvalue weighted by Gasteiger charge is 2.26. The van der Waals surface area contributed by atoms with E-state index in [9.17, 15) is 17.2 Å². The molecule has 154 valence electrons. The normalized spacial score (nSPS) is 17.7. The van der Waals surface area contributed by atoms with Gasteiger partial charge in [-0.3, -0.25) is 0 Å². The molecule has 2 aromatic heterocycles. The predicted octanol–water partition coefficient (Wildman–Crippen LogP) is 2.52. The van der Waals surface area contributed by atoms with E-state index >= 15 is 0 Å². The molecule has 6 nitrogen and oxygen atoms in total. The summed E-state index contributed by atoms with van der Waals surface area (Å²) in [5.74, 6) is -1.93. The lowest BCUT2D eigenvalue weighted by Crippen LogP contribution is -2.39. The number of nitrogens with zero attached hydrogens (tertiary/aromatic N) is 2. The number of morpholine rings is 1. The zero-order chi connectivity index (χ0) is 20.8. The number of nitrogens with one attached hydrogen (secondary N) is 1. The monoisotopic (exact) mass is 421 g/mol. The van der Waals surface area contributed by atoms with Crippen LogP contribution in [0.4, 0.5) is 8.78 Å². The molecule has 0 bridgehead atoms. The molecule has 3 aromatic rings. The van der Waals surface area contributed by atoms with E-state index in [0.717, 1.165) is 30.5 Å². The highest BCUT2D eigenvalue weighted by molar-refractivity contribution is 7.90. The average Bonchev–Trinajstić information content (AvgIpc) is 2.98. The Hall–Kier alpha value is -2.36.